The van der Waals surface area contributed by atoms with Crippen LogP contribution in [0.3, 0.4) is 0 Å². The minimum absolute atomic E-state index is 0.107. The smallest absolute Gasteiger partial charge is 0.214 e. The second kappa shape index (κ2) is 5.18. The third kappa shape index (κ3) is 3.61. The minimum Gasteiger partial charge on any atom is -0.345 e. The fourth-order valence-corrected chi connectivity index (χ4v) is 1.96. The van der Waals surface area contributed by atoms with Gasteiger partial charge in [0.25, 0.3) is 0 Å². The normalized spacial score (nSPS) is 13.2. The highest BCUT2D eigenvalue weighted by Gasteiger charge is 2.22. The summed E-state index contributed by atoms with van der Waals surface area (Å²) in [5, 5.41) is -0.636. The number of methoxy groups -OCH3 is 2. The Balaban J connectivity index is 3.58. The van der Waals surface area contributed by atoms with Crippen molar-refractivity contribution in [1.29, 1.82) is 0 Å². The van der Waals surface area contributed by atoms with Crippen LogP contribution in [0.4, 0.5) is 0 Å². The second-order valence-corrected chi connectivity index (χ2v) is 4.61. The van der Waals surface area contributed by atoms with Gasteiger partial charge in [0, 0.05) is 30.2 Å². The molecule has 0 aliphatic carbocycles. The van der Waals surface area contributed by atoms with Gasteiger partial charge in [0.15, 0.2) is 0 Å². The summed E-state index contributed by atoms with van der Waals surface area (Å²) < 4.78 is 10.1. The molecule has 62 valence electrons. The summed E-state index contributed by atoms with van der Waals surface area (Å²) in [4.78, 5) is 0. The molecule has 0 aliphatic heterocycles. The van der Waals surface area contributed by atoms with Gasteiger partial charge < -0.3 is 9.47 Å². The molecule has 0 aliphatic rings. The molecule has 0 fully saturated rings. The third-order valence-corrected chi connectivity index (χ3v) is 3.13. The molecule has 0 bridgehead atoms. The average Bonchev–Trinajstić information content (AvgIpc) is 2.00. The maximum Gasteiger partial charge on any atom is 0.214 e. The number of thiol groups is 1. The Bertz CT molecular complexity index is 85.8. The maximum atomic E-state index is 5.05. The Morgan fingerprint density at radius 1 is 1.40 bits per heavy atom. The average molecular weight is 180 g/mol. The standard InChI is InChI=1S/C6H16O2SSi/c1-7-6(9,8-2)4-5-10-3/h9H,4-5,10H2,1-3H3. The van der Waals surface area contributed by atoms with Crippen LogP contribution in [0.5, 0.6) is 0 Å². The summed E-state index contributed by atoms with van der Waals surface area (Å²) in [6.07, 6.45) is 0.895. The first-order valence-corrected chi connectivity index (χ1v) is 6.37. The van der Waals surface area contributed by atoms with Crippen LogP contribution in [-0.2, 0) is 9.47 Å². The van der Waals surface area contributed by atoms with E-state index < -0.39 is 5.12 Å². The molecule has 0 aromatic carbocycles. The van der Waals surface area contributed by atoms with Gasteiger partial charge in [-0.15, -0.1) is 12.6 Å². The summed E-state index contributed by atoms with van der Waals surface area (Å²) in [5.41, 5.74) is 0. The zero-order valence-corrected chi connectivity index (χ0v) is 9.19. The van der Waals surface area contributed by atoms with Crippen LogP contribution in [0.25, 0.3) is 0 Å². The SMILES string of the molecule is COC(S)(CC[SiH2]C)OC. The highest BCUT2D eigenvalue weighted by Crippen LogP contribution is 2.22. The molecule has 0 amide bonds. The summed E-state index contributed by atoms with van der Waals surface area (Å²) in [6, 6.07) is 1.21. The molecule has 0 unspecified atom stereocenters. The molecule has 2 nitrogen and oxygen atoms in total. The molecular formula is C6H16O2SSi. The quantitative estimate of drug-likeness (QED) is 0.385. The fraction of sp³-hybridized carbons (Fsp3) is 1.00. The van der Waals surface area contributed by atoms with E-state index in [1.807, 2.05) is 0 Å². The van der Waals surface area contributed by atoms with E-state index in [1.54, 1.807) is 14.2 Å². The molecule has 0 atom stereocenters. The topological polar surface area (TPSA) is 18.5 Å². The summed E-state index contributed by atoms with van der Waals surface area (Å²) in [6.45, 7) is 2.26. The van der Waals surface area contributed by atoms with E-state index in [9.17, 15) is 0 Å². The van der Waals surface area contributed by atoms with Crippen LogP contribution in [0, 0.1) is 0 Å². The van der Waals surface area contributed by atoms with Crippen molar-refractivity contribution in [2.24, 2.45) is 0 Å². The molecule has 0 aromatic heterocycles. The highest BCUT2D eigenvalue weighted by molar-refractivity contribution is 7.81. The lowest BCUT2D eigenvalue weighted by Crippen LogP contribution is -2.26. The highest BCUT2D eigenvalue weighted by atomic mass is 32.1. The van der Waals surface area contributed by atoms with Crippen molar-refractivity contribution in [2.75, 3.05) is 14.2 Å². The van der Waals surface area contributed by atoms with Gasteiger partial charge in [-0.25, -0.2) is 0 Å². The largest absolute Gasteiger partial charge is 0.345 e. The van der Waals surface area contributed by atoms with Crippen molar-refractivity contribution in [1.82, 2.24) is 0 Å². The first-order valence-electron chi connectivity index (χ1n) is 3.51. The number of rotatable bonds is 5. The van der Waals surface area contributed by atoms with Gasteiger partial charge in [-0.05, 0) is 0 Å². The van der Waals surface area contributed by atoms with E-state index in [-0.39, 0.29) is 9.52 Å². The predicted molar refractivity (Wildman–Crippen MR) is 49.6 cm³/mol. The van der Waals surface area contributed by atoms with Gasteiger partial charge in [-0.3, -0.25) is 0 Å². The van der Waals surface area contributed by atoms with Crippen LogP contribution in [0.15, 0.2) is 0 Å². The molecule has 0 aromatic rings. The van der Waals surface area contributed by atoms with E-state index in [2.05, 4.69) is 19.2 Å². The lowest BCUT2D eigenvalue weighted by molar-refractivity contribution is -0.133. The van der Waals surface area contributed by atoms with Crippen LogP contribution in [0.1, 0.15) is 6.42 Å². The van der Waals surface area contributed by atoms with Crippen molar-refractivity contribution in [3.05, 3.63) is 0 Å². The molecule has 4 heteroatoms. The Kier molecular flexibility index (Phi) is 5.43. The van der Waals surface area contributed by atoms with Crippen LogP contribution in [-0.4, -0.2) is 28.9 Å². The van der Waals surface area contributed by atoms with Gasteiger partial charge in [-0.2, -0.15) is 0 Å². The molecule has 0 saturated carbocycles. The number of ether oxygens (including phenoxy) is 2. The third-order valence-electron chi connectivity index (χ3n) is 1.48. The second-order valence-electron chi connectivity index (χ2n) is 2.22. The Labute approximate surface area is 70.5 Å². The Morgan fingerprint density at radius 3 is 2.20 bits per heavy atom. The minimum atomic E-state index is -0.636. The molecule has 0 rings (SSSR count). The van der Waals surface area contributed by atoms with Gasteiger partial charge >= 0.3 is 0 Å². The van der Waals surface area contributed by atoms with Crippen molar-refractivity contribution in [3.63, 3.8) is 0 Å². The van der Waals surface area contributed by atoms with Crippen LogP contribution >= 0.6 is 12.6 Å². The molecule has 0 spiro atoms. The lowest BCUT2D eigenvalue weighted by atomic mass is 10.4. The molecule has 0 N–H and O–H groups in total. The van der Waals surface area contributed by atoms with Crippen molar-refractivity contribution >= 4 is 22.1 Å². The zero-order chi connectivity index (χ0) is 8.04. The predicted octanol–water partition coefficient (Wildman–Crippen LogP) is 0.888. The summed E-state index contributed by atoms with van der Waals surface area (Å²) >= 11 is 4.23. The fourth-order valence-electron chi connectivity index (χ4n) is 0.688. The van der Waals surface area contributed by atoms with E-state index in [4.69, 9.17) is 9.47 Å². The van der Waals surface area contributed by atoms with Gasteiger partial charge in [-0.1, -0.05) is 12.6 Å². The molecule has 0 radical (unpaired) electrons. The maximum absolute atomic E-state index is 5.05. The number of hydrogen-bond acceptors (Lipinski definition) is 3. The van der Waals surface area contributed by atoms with Crippen molar-refractivity contribution < 1.29 is 9.47 Å². The zero-order valence-electron chi connectivity index (χ0n) is 6.89. The summed E-state index contributed by atoms with van der Waals surface area (Å²) in [5.74, 6) is 0. The molecule has 0 heterocycles. The van der Waals surface area contributed by atoms with Crippen LogP contribution < -0.4 is 0 Å². The lowest BCUT2D eigenvalue weighted by Gasteiger charge is -2.24. The van der Waals surface area contributed by atoms with Gasteiger partial charge in [0.2, 0.25) is 5.12 Å². The number of hydrogen-bond donors (Lipinski definition) is 1. The van der Waals surface area contributed by atoms with E-state index >= 15 is 0 Å². The Hall–Kier alpha value is 0.487. The first kappa shape index (κ1) is 10.5. The summed E-state index contributed by atoms with van der Waals surface area (Å²) in [7, 11) is 3.34. The van der Waals surface area contributed by atoms with Crippen LogP contribution in [0.2, 0.25) is 12.6 Å². The Morgan fingerprint density at radius 2 is 1.90 bits per heavy atom. The first-order chi connectivity index (χ1) is 4.68. The van der Waals surface area contributed by atoms with E-state index in [0.29, 0.717) is 0 Å². The monoisotopic (exact) mass is 180 g/mol. The van der Waals surface area contributed by atoms with E-state index in [1.165, 1.54) is 6.04 Å². The molecule has 10 heavy (non-hydrogen) atoms. The van der Waals surface area contributed by atoms with Gasteiger partial charge in [0.05, 0.1) is 0 Å². The van der Waals surface area contributed by atoms with Crippen molar-refractivity contribution in [2.45, 2.75) is 24.1 Å². The molecular weight excluding hydrogens is 164 g/mol. The molecule has 0 saturated heterocycles. The van der Waals surface area contributed by atoms with Crippen molar-refractivity contribution in [3.8, 4) is 0 Å². The van der Waals surface area contributed by atoms with E-state index in [0.717, 1.165) is 6.42 Å². The van der Waals surface area contributed by atoms with Gasteiger partial charge in [0.1, 0.15) is 0 Å².